The maximum Gasteiger partial charge on any atom is 0.417 e. The number of nitrogens with one attached hydrogen (secondary N) is 1. The Kier molecular flexibility index (Phi) is 4.01. The minimum atomic E-state index is -4.53. The van der Waals surface area contributed by atoms with E-state index in [1.165, 1.54) is 12.1 Å². The molecule has 114 valence electrons. The van der Waals surface area contributed by atoms with Gasteiger partial charge in [-0.3, -0.25) is 15.0 Å². The zero-order chi connectivity index (χ0) is 15.9. The van der Waals surface area contributed by atoms with Crippen molar-refractivity contribution in [3.63, 3.8) is 0 Å². The number of benzene rings is 1. The largest absolute Gasteiger partial charge is 0.417 e. The van der Waals surface area contributed by atoms with Crippen molar-refractivity contribution in [2.75, 3.05) is 5.43 Å². The number of carbonyl (C=O) groups is 2. The number of nitrogens with zero attached hydrogens (tertiary/aromatic N) is 1. The van der Waals surface area contributed by atoms with Gasteiger partial charge in [0.2, 0.25) is 0 Å². The maximum atomic E-state index is 12.8. The van der Waals surface area contributed by atoms with E-state index < -0.39 is 35.4 Å². The van der Waals surface area contributed by atoms with E-state index in [1.807, 2.05) is 0 Å². The van der Waals surface area contributed by atoms with Crippen LogP contribution in [0.2, 0.25) is 0 Å². The van der Waals surface area contributed by atoms with Gasteiger partial charge in [-0.25, -0.2) is 0 Å². The Hall–Kier alpha value is -1.57. The topological polar surface area (TPSA) is 49.4 Å². The molecule has 0 radical (unpaired) electrons. The highest BCUT2D eigenvalue weighted by Gasteiger charge is 2.43. The monoisotopic (exact) mass is 364 g/mol. The summed E-state index contributed by atoms with van der Waals surface area (Å²) in [5.74, 6) is -1.90. The summed E-state index contributed by atoms with van der Waals surface area (Å²) in [6.07, 6.45) is -4.53. The van der Waals surface area contributed by atoms with Crippen LogP contribution in [0.1, 0.15) is 19.4 Å². The average molecular weight is 365 g/mol. The number of hydrogen-bond acceptors (Lipinski definition) is 3. The lowest BCUT2D eigenvalue weighted by molar-refractivity contribution is -0.138. The Labute approximate surface area is 127 Å². The Balaban J connectivity index is 2.29. The Morgan fingerprint density at radius 2 is 1.67 bits per heavy atom. The first kappa shape index (κ1) is 15.8. The summed E-state index contributed by atoms with van der Waals surface area (Å²) in [6.45, 7) is 3.21. The summed E-state index contributed by atoms with van der Waals surface area (Å²) in [5, 5.41) is 0.777. The van der Waals surface area contributed by atoms with Crippen molar-refractivity contribution in [3.05, 3.63) is 28.2 Å². The van der Waals surface area contributed by atoms with Gasteiger partial charge < -0.3 is 0 Å². The summed E-state index contributed by atoms with van der Waals surface area (Å²) >= 11 is 2.83. The van der Waals surface area contributed by atoms with Crippen molar-refractivity contribution in [2.24, 2.45) is 11.8 Å². The number of imide groups is 1. The van der Waals surface area contributed by atoms with Crippen LogP contribution in [0, 0.1) is 11.8 Å². The van der Waals surface area contributed by atoms with Crippen molar-refractivity contribution >= 4 is 33.4 Å². The van der Waals surface area contributed by atoms with E-state index in [0.717, 1.165) is 11.1 Å². The summed E-state index contributed by atoms with van der Waals surface area (Å²) < 4.78 is 38.3. The first-order valence-electron chi connectivity index (χ1n) is 6.14. The molecule has 2 atom stereocenters. The molecule has 1 saturated heterocycles. The van der Waals surface area contributed by atoms with E-state index in [0.29, 0.717) is 0 Å². The molecule has 0 saturated carbocycles. The fourth-order valence-electron chi connectivity index (χ4n) is 1.99. The smallest absolute Gasteiger partial charge is 0.289 e. The lowest BCUT2D eigenvalue weighted by Crippen LogP contribution is -2.36. The standard InChI is InChI=1S/C13H12BrF3N2O2/c1-6-7(2)12(21)19(11(6)20)18-8-3-4-10(14)9(5-8)13(15,16)17/h3-7,18H,1-2H3. The highest BCUT2D eigenvalue weighted by molar-refractivity contribution is 9.10. The minimum absolute atomic E-state index is 0.0218. The molecule has 0 spiro atoms. The number of amides is 2. The second kappa shape index (κ2) is 5.32. The molecule has 2 rings (SSSR count). The Bertz CT molecular complexity index is 584. The number of hydrogen-bond donors (Lipinski definition) is 1. The van der Waals surface area contributed by atoms with Crippen LogP contribution in [0.15, 0.2) is 22.7 Å². The third kappa shape index (κ3) is 2.90. The zero-order valence-electron chi connectivity index (χ0n) is 11.2. The van der Waals surface area contributed by atoms with Crippen LogP contribution in [-0.2, 0) is 15.8 Å². The van der Waals surface area contributed by atoms with Crippen LogP contribution in [0.5, 0.6) is 0 Å². The number of halogens is 4. The second-order valence-electron chi connectivity index (χ2n) is 4.89. The van der Waals surface area contributed by atoms with Gasteiger partial charge >= 0.3 is 6.18 Å². The first-order valence-corrected chi connectivity index (χ1v) is 6.93. The summed E-state index contributed by atoms with van der Waals surface area (Å²) in [4.78, 5) is 23.8. The molecule has 2 unspecified atom stereocenters. The van der Waals surface area contributed by atoms with Crippen LogP contribution >= 0.6 is 15.9 Å². The third-order valence-corrected chi connectivity index (χ3v) is 4.17. The molecule has 2 amide bonds. The molecule has 0 bridgehead atoms. The molecule has 0 aliphatic carbocycles. The van der Waals surface area contributed by atoms with E-state index in [1.54, 1.807) is 13.8 Å². The molecular weight excluding hydrogens is 353 g/mol. The van der Waals surface area contributed by atoms with Gasteiger partial charge in [-0.2, -0.15) is 18.2 Å². The number of carbonyl (C=O) groups excluding carboxylic acids is 2. The Morgan fingerprint density at radius 3 is 2.14 bits per heavy atom. The van der Waals surface area contributed by atoms with Crippen molar-refractivity contribution in [1.29, 1.82) is 0 Å². The van der Waals surface area contributed by atoms with Gasteiger partial charge in [0.05, 0.1) is 11.3 Å². The third-order valence-electron chi connectivity index (χ3n) is 3.48. The number of anilines is 1. The van der Waals surface area contributed by atoms with Crippen LogP contribution in [0.25, 0.3) is 0 Å². The van der Waals surface area contributed by atoms with E-state index in [9.17, 15) is 22.8 Å². The van der Waals surface area contributed by atoms with Crippen LogP contribution in [0.3, 0.4) is 0 Å². The van der Waals surface area contributed by atoms with Crippen LogP contribution < -0.4 is 5.43 Å². The fraction of sp³-hybridized carbons (Fsp3) is 0.385. The summed E-state index contributed by atoms with van der Waals surface area (Å²) in [6, 6.07) is 3.41. The highest BCUT2D eigenvalue weighted by atomic mass is 79.9. The van der Waals surface area contributed by atoms with Gasteiger partial charge in [-0.1, -0.05) is 29.8 Å². The van der Waals surface area contributed by atoms with Crippen molar-refractivity contribution in [1.82, 2.24) is 5.01 Å². The Morgan fingerprint density at radius 1 is 1.14 bits per heavy atom. The molecule has 21 heavy (non-hydrogen) atoms. The predicted octanol–water partition coefficient (Wildman–Crippen LogP) is 3.44. The molecule has 1 aromatic carbocycles. The maximum absolute atomic E-state index is 12.8. The van der Waals surface area contributed by atoms with E-state index >= 15 is 0 Å². The summed E-state index contributed by atoms with van der Waals surface area (Å²) in [7, 11) is 0. The molecule has 1 aromatic rings. The van der Waals surface area contributed by atoms with Crippen molar-refractivity contribution in [2.45, 2.75) is 20.0 Å². The van der Waals surface area contributed by atoms with Gasteiger partial charge in [-0.15, -0.1) is 0 Å². The van der Waals surface area contributed by atoms with Gasteiger partial charge in [0.15, 0.2) is 0 Å². The second-order valence-corrected chi connectivity index (χ2v) is 5.75. The van der Waals surface area contributed by atoms with E-state index in [2.05, 4.69) is 21.4 Å². The first-order chi connectivity index (χ1) is 9.62. The van der Waals surface area contributed by atoms with Crippen molar-refractivity contribution < 1.29 is 22.8 Å². The van der Waals surface area contributed by atoms with E-state index in [-0.39, 0.29) is 10.2 Å². The molecule has 1 aliphatic heterocycles. The number of rotatable bonds is 2. The molecule has 8 heteroatoms. The summed E-state index contributed by atoms with van der Waals surface area (Å²) in [5.41, 5.74) is 1.59. The molecule has 0 aromatic heterocycles. The lowest BCUT2D eigenvalue weighted by atomic mass is 10.00. The predicted molar refractivity (Wildman–Crippen MR) is 72.9 cm³/mol. The molecule has 1 heterocycles. The van der Waals surface area contributed by atoms with Gasteiger partial charge in [-0.05, 0) is 18.2 Å². The molecule has 1 N–H and O–H groups in total. The van der Waals surface area contributed by atoms with Crippen LogP contribution in [0.4, 0.5) is 18.9 Å². The average Bonchev–Trinajstić information content (AvgIpc) is 2.57. The van der Waals surface area contributed by atoms with E-state index in [4.69, 9.17) is 0 Å². The quantitative estimate of drug-likeness (QED) is 0.817. The van der Waals surface area contributed by atoms with Gasteiger partial charge in [0.25, 0.3) is 11.8 Å². The molecule has 4 nitrogen and oxygen atoms in total. The van der Waals surface area contributed by atoms with Crippen LogP contribution in [-0.4, -0.2) is 16.8 Å². The van der Waals surface area contributed by atoms with Crippen molar-refractivity contribution in [3.8, 4) is 0 Å². The zero-order valence-corrected chi connectivity index (χ0v) is 12.7. The molecule has 1 fully saturated rings. The minimum Gasteiger partial charge on any atom is -0.289 e. The lowest BCUT2D eigenvalue weighted by Gasteiger charge is -2.18. The number of alkyl halides is 3. The fourth-order valence-corrected chi connectivity index (χ4v) is 2.47. The SMILES string of the molecule is CC1C(=O)N(Nc2ccc(Br)c(C(F)(F)F)c2)C(=O)C1C. The van der Waals surface area contributed by atoms with Gasteiger partial charge in [0, 0.05) is 16.3 Å². The highest BCUT2D eigenvalue weighted by Crippen LogP contribution is 2.36. The number of hydrazine groups is 1. The van der Waals surface area contributed by atoms with Gasteiger partial charge in [0.1, 0.15) is 0 Å². The normalized spacial score (nSPS) is 22.9. The molecule has 1 aliphatic rings. The molecular formula is C13H12BrF3N2O2.